The summed E-state index contributed by atoms with van der Waals surface area (Å²) in [5.41, 5.74) is 0.602. The van der Waals surface area contributed by atoms with Gasteiger partial charge in [0.15, 0.2) is 0 Å². The van der Waals surface area contributed by atoms with E-state index in [1.165, 1.54) is 20.4 Å². The van der Waals surface area contributed by atoms with Crippen LogP contribution in [0.5, 0.6) is 11.5 Å². The number of benzene rings is 2. The van der Waals surface area contributed by atoms with Crippen LogP contribution < -0.4 is 20.7 Å². The Kier molecular flexibility index (Phi) is 4.40. The maximum Gasteiger partial charge on any atom is 0.350 e. The van der Waals surface area contributed by atoms with Crippen molar-refractivity contribution in [3.8, 4) is 11.5 Å². The summed E-state index contributed by atoms with van der Waals surface area (Å²) in [6.45, 7) is 0. The van der Waals surface area contributed by atoms with Gasteiger partial charge in [-0.25, -0.2) is 4.79 Å². The first-order valence-electron chi connectivity index (χ1n) is 8.24. The Morgan fingerprint density at radius 1 is 1.04 bits per heavy atom. The van der Waals surface area contributed by atoms with Crippen LogP contribution in [0.25, 0.3) is 21.9 Å². The van der Waals surface area contributed by atoms with Crippen molar-refractivity contribution in [1.82, 2.24) is 14.6 Å². The molecular formula is C19H15ClN4O4. The highest BCUT2D eigenvalue weighted by Crippen LogP contribution is 2.24. The van der Waals surface area contributed by atoms with Crippen molar-refractivity contribution >= 4 is 39.8 Å². The monoisotopic (exact) mass is 398 g/mol. The normalized spacial score (nSPS) is 11.5. The molecule has 0 saturated heterocycles. The zero-order chi connectivity index (χ0) is 19.8. The summed E-state index contributed by atoms with van der Waals surface area (Å²) in [7, 11) is 3.05. The number of hydrogen-bond acceptors (Lipinski definition) is 5. The minimum atomic E-state index is -0.670. The van der Waals surface area contributed by atoms with Crippen molar-refractivity contribution in [2.24, 2.45) is 5.10 Å². The first-order chi connectivity index (χ1) is 13.5. The third kappa shape index (κ3) is 2.93. The van der Waals surface area contributed by atoms with Crippen molar-refractivity contribution in [2.75, 3.05) is 14.2 Å². The van der Waals surface area contributed by atoms with Gasteiger partial charge in [0.1, 0.15) is 17.0 Å². The summed E-state index contributed by atoms with van der Waals surface area (Å²) in [4.78, 5) is 31.0. The van der Waals surface area contributed by atoms with E-state index in [2.05, 4.69) is 15.1 Å². The van der Waals surface area contributed by atoms with Gasteiger partial charge in [-0.1, -0.05) is 11.6 Å². The Labute approximate surface area is 163 Å². The molecule has 2 N–H and O–H groups in total. The third-order valence-electron chi connectivity index (χ3n) is 4.34. The van der Waals surface area contributed by atoms with Crippen LogP contribution in [0.4, 0.5) is 0 Å². The highest BCUT2D eigenvalue weighted by Gasteiger charge is 2.13. The lowest BCUT2D eigenvalue weighted by molar-refractivity contribution is 0.402. The largest absolute Gasteiger partial charge is 0.497 e. The fourth-order valence-electron chi connectivity index (χ4n) is 2.98. The van der Waals surface area contributed by atoms with Gasteiger partial charge >= 0.3 is 11.2 Å². The van der Waals surface area contributed by atoms with Crippen LogP contribution in [0.2, 0.25) is 5.02 Å². The first kappa shape index (κ1) is 17.9. The second-order valence-corrected chi connectivity index (χ2v) is 6.40. The highest BCUT2D eigenvalue weighted by molar-refractivity contribution is 6.31. The van der Waals surface area contributed by atoms with Gasteiger partial charge in [-0.2, -0.15) is 5.10 Å². The zero-order valence-electron chi connectivity index (χ0n) is 14.9. The molecule has 0 amide bonds. The van der Waals surface area contributed by atoms with Crippen molar-refractivity contribution in [3.63, 3.8) is 0 Å². The molecule has 0 fully saturated rings. The van der Waals surface area contributed by atoms with Crippen molar-refractivity contribution in [2.45, 2.75) is 0 Å². The molecule has 0 saturated carbocycles. The number of rotatable bonds is 4. The van der Waals surface area contributed by atoms with Gasteiger partial charge in [-0.15, -0.1) is 4.68 Å². The second kappa shape index (κ2) is 6.90. The Balaban J connectivity index is 1.88. The van der Waals surface area contributed by atoms with Gasteiger partial charge in [0.2, 0.25) is 0 Å². The summed E-state index contributed by atoms with van der Waals surface area (Å²) in [5.74, 6) is 1.11. The summed E-state index contributed by atoms with van der Waals surface area (Å²) in [6.07, 6.45) is 1.36. The molecule has 0 atom stereocenters. The summed E-state index contributed by atoms with van der Waals surface area (Å²) < 4.78 is 11.2. The predicted molar refractivity (Wildman–Crippen MR) is 108 cm³/mol. The molecule has 0 spiro atoms. The Morgan fingerprint density at radius 3 is 2.61 bits per heavy atom. The van der Waals surface area contributed by atoms with E-state index in [0.29, 0.717) is 38.5 Å². The van der Waals surface area contributed by atoms with Crippen LogP contribution in [-0.2, 0) is 0 Å². The molecule has 2 aromatic heterocycles. The molecule has 8 nitrogen and oxygen atoms in total. The smallest absolute Gasteiger partial charge is 0.350 e. The number of ether oxygens (including phenoxy) is 2. The van der Waals surface area contributed by atoms with Gasteiger partial charge in [0.25, 0.3) is 0 Å². The SMILES string of the molecule is COc1ccc(OC)c(C=Nn2c(=O)[nH]c3c([nH]c4ccc(Cl)cc43)c2=O)c1. The summed E-state index contributed by atoms with van der Waals surface area (Å²) in [6, 6.07) is 10.2. The molecule has 9 heteroatoms. The molecule has 4 rings (SSSR count). The van der Waals surface area contributed by atoms with Crippen LogP contribution in [0, 0.1) is 0 Å². The van der Waals surface area contributed by atoms with E-state index in [4.69, 9.17) is 21.1 Å². The van der Waals surface area contributed by atoms with E-state index in [1.54, 1.807) is 36.4 Å². The van der Waals surface area contributed by atoms with Crippen LogP contribution in [0.3, 0.4) is 0 Å². The molecule has 2 aromatic carbocycles. The van der Waals surface area contributed by atoms with Gasteiger partial charge < -0.3 is 19.4 Å². The minimum Gasteiger partial charge on any atom is -0.497 e. The average molecular weight is 399 g/mol. The molecule has 0 aliphatic heterocycles. The van der Waals surface area contributed by atoms with Gasteiger partial charge in [0, 0.05) is 21.5 Å². The number of nitrogens with one attached hydrogen (secondary N) is 2. The van der Waals surface area contributed by atoms with Crippen LogP contribution in [0.1, 0.15) is 5.56 Å². The predicted octanol–water partition coefficient (Wildman–Crippen LogP) is 2.72. The van der Waals surface area contributed by atoms with E-state index >= 15 is 0 Å². The molecule has 0 unspecified atom stereocenters. The Bertz CT molecular complexity index is 1350. The van der Waals surface area contributed by atoms with Crippen molar-refractivity contribution in [1.29, 1.82) is 0 Å². The number of fused-ring (bicyclic) bond motifs is 3. The van der Waals surface area contributed by atoms with E-state index in [9.17, 15) is 9.59 Å². The molecule has 0 aliphatic carbocycles. The number of aromatic amines is 2. The number of aromatic nitrogens is 3. The van der Waals surface area contributed by atoms with Crippen LogP contribution in [0.15, 0.2) is 51.1 Å². The number of nitrogens with zero attached hydrogens (tertiary/aromatic N) is 2. The lowest BCUT2D eigenvalue weighted by Crippen LogP contribution is -2.32. The Morgan fingerprint density at radius 2 is 1.86 bits per heavy atom. The fourth-order valence-corrected chi connectivity index (χ4v) is 3.15. The molecule has 2 heterocycles. The molecule has 0 aliphatic rings. The third-order valence-corrected chi connectivity index (χ3v) is 4.58. The van der Waals surface area contributed by atoms with E-state index in [0.717, 1.165) is 4.68 Å². The van der Waals surface area contributed by atoms with Crippen LogP contribution >= 0.6 is 11.6 Å². The average Bonchev–Trinajstić information content (AvgIpc) is 3.05. The van der Waals surface area contributed by atoms with E-state index in [-0.39, 0.29) is 5.52 Å². The van der Waals surface area contributed by atoms with Gasteiger partial charge in [-0.05, 0) is 36.4 Å². The Hall–Kier alpha value is -3.52. The molecule has 4 aromatic rings. The number of methoxy groups -OCH3 is 2. The van der Waals surface area contributed by atoms with Crippen molar-refractivity contribution < 1.29 is 9.47 Å². The van der Waals surface area contributed by atoms with E-state index in [1.807, 2.05) is 0 Å². The lowest BCUT2D eigenvalue weighted by atomic mass is 10.2. The van der Waals surface area contributed by atoms with Crippen molar-refractivity contribution in [3.05, 3.63) is 67.8 Å². The van der Waals surface area contributed by atoms with Crippen LogP contribution in [-0.4, -0.2) is 35.1 Å². The number of halogens is 1. The topological polar surface area (TPSA) is 101 Å². The minimum absolute atomic E-state index is 0.228. The standard InChI is InChI=1S/C19H15ClN4O4/c1-27-12-4-6-15(28-2)10(7-12)9-21-24-18(25)17-16(23-19(24)26)13-8-11(20)3-5-14(13)22-17/h3-9,22H,1-2H3,(H,23,26). The summed E-state index contributed by atoms with van der Waals surface area (Å²) in [5, 5.41) is 5.21. The van der Waals surface area contributed by atoms with Gasteiger partial charge in [-0.3, -0.25) is 4.79 Å². The number of hydrogen-bond donors (Lipinski definition) is 2. The highest BCUT2D eigenvalue weighted by atomic mass is 35.5. The van der Waals surface area contributed by atoms with E-state index < -0.39 is 11.2 Å². The second-order valence-electron chi connectivity index (χ2n) is 5.96. The maximum absolute atomic E-state index is 12.8. The molecule has 0 radical (unpaired) electrons. The molecule has 142 valence electrons. The molecule has 28 heavy (non-hydrogen) atoms. The molecule has 0 bridgehead atoms. The van der Waals surface area contributed by atoms with Gasteiger partial charge in [0.05, 0.1) is 26.0 Å². The number of H-pyrrole nitrogens is 2. The lowest BCUT2D eigenvalue weighted by Gasteiger charge is -2.06. The summed E-state index contributed by atoms with van der Waals surface area (Å²) >= 11 is 6.02. The first-order valence-corrected chi connectivity index (χ1v) is 8.62. The quantitative estimate of drug-likeness (QED) is 0.516. The molecular weight excluding hydrogens is 384 g/mol. The maximum atomic E-state index is 12.8. The fraction of sp³-hybridized carbons (Fsp3) is 0.105. The zero-order valence-corrected chi connectivity index (χ0v) is 15.7.